The highest BCUT2D eigenvalue weighted by molar-refractivity contribution is 5.71. The molecule has 122 valence electrons. The molecule has 1 atom stereocenters. The Kier molecular flexibility index (Phi) is 3.96. The van der Waals surface area contributed by atoms with Crippen molar-refractivity contribution < 1.29 is 9.63 Å². The Morgan fingerprint density at radius 2 is 2.00 bits per heavy atom. The minimum absolute atomic E-state index is 0.323. The molecule has 0 spiro atoms. The fraction of sp³-hybridized carbons (Fsp3) is 0.278. The number of pyridine rings is 1. The van der Waals surface area contributed by atoms with Gasteiger partial charge in [-0.05, 0) is 25.0 Å². The molecule has 1 fully saturated rings. The monoisotopic (exact) mass is 322 g/mol. The summed E-state index contributed by atoms with van der Waals surface area (Å²) >= 11 is 0. The topological polar surface area (TPSA) is 75.3 Å². The molecule has 6 nitrogen and oxygen atoms in total. The SMILES string of the molecule is OC1CCCN(c2ncccc2-c2nc(-c3ccccc3)no2)C1. The van der Waals surface area contributed by atoms with E-state index in [0.29, 0.717) is 18.3 Å². The van der Waals surface area contributed by atoms with E-state index in [1.54, 1.807) is 6.20 Å². The van der Waals surface area contributed by atoms with Crippen molar-refractivity contribution in [2.75, 3.05) is 18.0 Å². The number of anilines is 1. The average Bonchev–Trinajstić information content (AvgIpc) is 3.12. The van der Waals surface area contributed by atoms with Crippen LogP contribution in [0.1, 0.15) is 12.8 Å². The Bertz CT molecular complexity index is 819. The van der Waals surface area contributed by atoms with Crippen LogP contribution in [0.2, 0.25) is 0 Å². The molecular weight excluding hydrogens is 304 g/mol. The van der Waals surface area contributed by atoms with E-state index in [1.165, 1.54) is 0 Å². The number of piperidine rings is 1. The van der Waals surface area contributed by atoms with Crippen molar-refractivity contribution in [3.8, 4) is 22.8 Å². The van der Waals surface area contributed by atoms with Gasteiger partial charge in [-0.15, -0.1) is 0 Å². The summed E-state index contributed by atoms with van der Waals surface area (Å²) in [7, 11) is 0. The van der Waals surface area contributed by atoms with Crippen molar-refractivity contribution in [2.45, 2.75) is 18.9 Å². The van der Waals surface area contributed by atoms with E-state index in [4.69, 9.17) is 4.52 Å². The second-order valence-corrected chi connectivity index (χ2v) is 5.91. The summed E-state index contributed by atoms with van der Waals surface area (Å²) in [6.07, 6.45) is 3.19. The molecule has 0 amide bonds. The number of benzene rings is 1. The van der Waals surface area contributed by atoms with Crippen LogP contribution in [0.3, 0.4) is 0 Å². The second kappa shape index (κ2) is 6.41. The molecule has 1 saturated heterocycles. The van der Waals surface area contributed by atoms with Crippen molar-refractivity contribution in [1.82, 2.24) is 15.1 Å². The maximum atomic E-state index is 9.93. The van der Waals surface area contributed by atoms with Crippen molar-refractivity contribution >= 4 is 5.82 Å². The van der Waals surface area contributed by atoms with Crippen LogP contribution in [0.5, 0.6) is 0 Å². The van der Waals surface area contributed by atoms with Gasteiger partial charge in [-0.2, -0.15) is 4.98 Å². The fourth-order valence-electron chi connectivity index (χ4n) is 3.00. The molecule has 0 aliphatic carbocycles. The Morgan fingerprint density at radius 1 is 1.12 bits per heavy atom. The van der Waals surface area contributed by atoms with E-state index in [-0.39, 0.29) is 6.10 Å². The van der Waals surface area contributed by atoms with Gasteiger partial charge in [0.15, 0.2) is 0 Å². The van der Waals surface area contributed by atoms with Gasteiger partial charge in [-0.25, -0.2) is 4.98 Å². The van der Waals surface area contributed by atoms with Crippen LogP contribution in [0.4, 0.5) is 5.82 Å². The molecule has 1 aliphatic heterocycles. The third kappa shape index (κ3) is 2.88. The second-order valence-electron chi connectivity index (χ2n) is 5.91. The molecule has 0 radical (unpaired) electrons. The number of hydrogen-bond donors (Lipinski definition) is 1. The highest BCUT2D eigenvalue weighted by atomic mass is 16.5. The Hall–Kier alpha value is -2.73. The zero-order valence-corrected chi connectivity index (χ0v) is 13.2. The standard InChI is InChI=1S/C18H18N4O2/c23-14-8-5-11-22(12-14)17-15(9-4-10-19-17)18-20-16(21-24-18)13-6-2-1-3-7-13/h1-4,6-7,9-10,14,23H,5,8,11-12H2. The van der Waals surface area contributed by atoms with Crippen molar-refractivity contribution in [2.24, 2.45) is 0 Å². The van der Waals surface area contributed by atoms with Crippen molar-refractivity contribution in [3.05, 3.63) is 48.7 Å². The van der Waals surface area contributed by atoms with E-state index >= 15 is 0 Å². The summed E-state index contributed by atoms with van der Waals surface area (Å²) in [5.74, 6) is 1.77. The zero-order valence-electron chi connectivity index (χ0n) is 13.2. The number of aliphatic hydroxyl groups is 1. The predicted molar refractivity (Wildman–Crippen MR) is 90.4 cm³/mol. The lowest BCUT2D eigenvalue weighted by Crippen LogP contribution is -2.39. The first kappa shape index (κ1) is 14.8. The van der Waals surface area contributed by atoms with Gasteiger partial charge in [0, 0.05) is 24.8 Å². The lowest BCUT2D eigenvalue weighted by Gasteiger charge is -2.31. The maximum Gasteiger partial charge on any atom is 0.261 e. The molecule has 0 saturated carbocycles. The van der Waals surface area contributed by atoms with Crippen LogP contribution in [0.25, 0.3) is 22.8 Å². The zero-order chi connectivity index (χ0) is 16.4. The number of aliphatic hydroxyl groups excluding tert-OH is 1. The number of aromatic nitrogens is 3. The van der Waals surface area contributed by atoms with Crippen molar-refractivity contribution in [3.63, 3.8) is 0 Å². The third-order valence-corrected chi connectivity index (χ3v) is 4.17. The molecule has 1 aromatic carbocycles. The molecule has 1 N–H and O–H groups in total. The minimum Gasteiger partial charge on any atom is -0.391 e. The lowest BCUT2D eigenvalue weighted by molar-refractivity contribution is 0.154. The predicted octanol–water partition coefficient (Wildman–Crippen LogP) is 2.76. The van der Waals surface area contributed by atoms with Gasteiger partial charge in [-0.1, -0.05) is 35.5 Å². The van der Waals surface area contributed by atoms with Gasteiger partial charge >= 0.3 is 0 Å². The van der Waals surface area contributed by atoms with E-state index in [1.807, 2.05) is 42.5 Å². The first-order chi connectivity index (χ1) is 11.8. The number of nitrogens with zero attached hydrogens (tertiary/aromatic N) is 4. The molecular formula is C18H18N4O2. The normalized spacial score (nSPS) is 17.9. The third-order valence-electron chi connectivity index (χ3n) is 4.17. The van der Waals surface area contributed by atoms with E-state index in [2.05, 4.69) is 20.0 Å². The van der Waals surface area contributed by atoms with Crippen LogP contribution in [-0.4, -0.2) is 39.4 Å². The van der Waals surface area contributed by atoms with Gasteiger partial charge in [0.25, 0.3) is 5.89 Å². The summed E-state index contributed by atoms with van der Waals surface area (Å²) in [6, 6.07) is 13.5. The quantitative estimate of drug-likeness (QED) is 0.799. The van der Waals surface area contributed by atoms with Gasteiger partial charge in [0.2, 0.25) is 5.82 Å². The molecule has 3 heterocycles. The fourth-order valence-corrected chi connectivity index (χ4v) is 3.00. The molecule has 2 aromatic heterocycles. The Labute approximate surface area is 139 Å². The molecule has 1 unspecified atom stereocenters. The first-order valence-corrected chi connectivity index (χ1v) is 8.09. The Morgan fingerprint density at radius 3 is 2.83 bits per heavy atom. The number of β-amino-alcohol motifs (C(OH)–C–C–N with tert-alkyl or cyclic N) is 1. The summed E-state index contributed by atoms with van der Waals surface area (Å²) in [5, 5.41) is 14.0. The van der Waals surface area contributed by atoms with Gasteiger partial charge in [0.05, 0.1) is 11.7 Å². The van der Waals surface area contributed by atoms with E-state index < -0.39 is 0 Å². The van der Waals surface area contributed by atoms with E-state index in [0.717, 1.165) is 36.3 Å². The average molecular weight is 322 g/mol. The van der Waals surface area contributed by atoms with Crippen molar-refractivity contribution in [1.29, 1.82) is 0 Å². The highest BCUT2D eigenvalue weighted by Crippen LogP contribution is 2.30. The molecule has 3 aromatic rings. The maximum absolute atomic E-state index is 9.93. The van der Waals surface area contributed by atoms with E-state index in [9.17, 15) is 5.11 Å². The summed E-state index contributed by atoms with van der Waals surface area (Å²) in [5.41, 5.74) is 1.70. The van der Waals surface area contributed by atoms with Crippen LogP contribution in [-0.2, 0) is 0 Å². The van der Waals surface area contributed by atoms with Crippen LogP contribution in [0.15, 0.2) is 53.2 Å². The first-order valence-electron chi connectivity index (χ1n) is 8.09. The molecule has 24 heavy (non-hydrogen) atoms. The van der Waals surface area contributed by atoms with Crippen LogP contribution >= 0.6 is 0 Å². The van der Waals surface area contributed by atoms with Gasteiger partial charge in [0.1, 0.15) is 5.82 Å². The lowest BCUT2D eigenvalue weighted by atomic mass is 10.1. The Balaban J connectivity index is 1.69. The minimum atomic E-state index is -0.323. The summed E-state index contributed by atoms with van der Waals surface area (Å²) in [4.78, 5) is 11.1. The van der Waals surface area contributed by atoms with Crippen LogP contribution < -0.4 is 4.90 Å². The molecule has 1 aliphatic rings. The number of hydrogen-bond acceptors (Lipinski definition) is 6. The largest absolute Gasteiger partial charge is 0.391 e. The van der Waals surface area contributed by atoms with Gasteiger partial charge < -0.3 is 14.5 Å². The highest BCUT2D eigenvalue weighted by Gasteiger charge is 2.23. The summed E-state index contributed by atoms with van der Waals surface area (Å²) in [6.45, 7) is 1.43. The number of rotatable bonds is 3. The summed E-state index contributed by atoms with van der Waals surface area (Å²) < 4.78 is 5.47. The molecule has 4 rings (SSSR count). The smallest absolute Gasteiger partial charge is 0.261 e. The molecule has 0 bridgehead atoms. The molecule has 6 heteroatoms. The van der Waals surface area contributed by atoms with Crippen LogP contribution in [0, 0.1) is 0 Å². The van der Waals surface area contributed by atoms with Gasteiger partial charge in [-0.3, -0.25) is 0 Å².